The average Bonchev–Trinajstić information content (AvgIpc) is 3.07. The van der Waals surface area contributed by atoms with E-state index in [4.69, 9.17) is 9.57 Å². The van der Waals surface area contributed by atoms with Crippen LogP contribution >= 0.6 is 11.3 Å². The van der Waals surface area contributed by atoms with Crippen LogP contribution in [0.1, 0.15) is 38.6 Å². The fraction of sp³-hybridized carbons (Fsp3) is 0.600. The zero-order chi connectivity index (χ0) is 15.8. The van der Waals surface area contributed by atoms with Crippen molar-refractivity contribution in [2.75, 3.05) is 13.1 Å². The quantitative estimate of drug-likeness (QED) is 0.861. The van der Waals surface area contributed by atoms with E-state index in [9.17, 15) is 4.79 Å². The first-order valence-corrected chi connectivity index (χ1v) is 8.30. The van der Waals surface area contributed by atoms with Crippen LogP contribution in [0, 0.1) is 0 Å². The van der Waals surface area contributed by atoms with Crippen molar-refractivity contribution >= 4 is 23.1 Å². The molecular formula is C15H21N3O3S. The molecule has 0 atom stereocenters. The Morgan fingerprint density at radius 3 is 2.77 bits per heavy atom. The normalized spacial score (nSPS) is 20.7. The summed E-state index contributed by atoms with van der Waals surface area (Å²) in [5.41, 5.74) is 3.08. The molecule has 0 aromatic carbocycles. The molecular weight excluding hydrogens is 302 g/mol. The topological polar surface area (TPSA) is 63.7 Å². The monoisotopic (exact) mass is 323 g/mol. The number of carbonyl (C=O) groups is 1. The number of nitrogens with zero attached hydrogens (tertiary/aromatic N) is 2. The van der Waals surface area contributed by atoms with Crippen molar-refractivity contribution in [3.63, 3.8) is 0 Å². The van der Waals surface area contributed by atoms with Crippen LogP contribution in [0.4, 0.5) is 4.79 Å². The van der Waals surface area contributed by atoms with Crippen LogP contribution in [0.15, 0.2) is 17.7 Å². The van der Waals surface area contributed by atoms with Gasteiger partial charge in [0, 0.05) is 37.5 Å². The van der Waals surface area contributed by atoms with Gasteiger partial charge in [0.05, 0.1) is 5.70 Å². The Hall–Kier alpha value is -1.60. The number of hydrogen-bond donors (Lipinski definition) is 1. The van der Waals surface area contributed by atoms with Crippen molar-refractivity contribution in [2.24, 2.45) is 0 Å². The third kappa shape index (κ3) is 3.25. The number of hydroxylamine groups is 1. The lowest BCUT2D eigenvalue weighted by molar-refractivity contribution is -0.0708. The fourth-order valence-electron chi connectivity index (χ4n) is 2.58. The van der Waals surface area contributed by atoms with E-state index in [1.54, 1.807) is 22.4 Å². The minimum atomic E-state index is -0.463. The number of thiazole rings is 1. The van der Waals surface area contributed by atoms with Crippen LogP contribution in [0.3, 0.4) is 0 Å². The van der Waals surface area contributed by atoms with Gasteiger partial charge in [0.25, 0.3) is 0 Å². The van der Waals surface area contributed by atoms with Crippen molar-refractivity contribution in [2.45, 2.75) is 44.8 Å². The molecule has 1 aromatic heterocycles. The minimum Gasteiger partial charge on any atom is -0.444 e. The molecule has 0 bridgehead atoms. The molecule has 22 heavy (non-hydrogen) atoms. The zero-order valence-electron chi connectivity index (χ0n) is 13.1. The predicted octanol–water partition coefficient (Wildman–Crippen LogP) is 2.79. The van der Waals surface area contributed by atoms with Gasteiger partial charge in [-0.3, -0.25) is 10.3 Å². The number of hydrogen-bond acceptors (Lipinski definition) is 6. The maximum Gasteiger partial charge on any atom is 0.410 e. The number of piperidine rings is 1. The van der Waals surface area contributed by atoms with Crippen LogP contribution in [-0.4, -0.2) is 40.3 Å². The second-order valence-electron chi connectivity index (χ2n) is 6.63. The third-order valence-electron chi connectivity index (χ3n) is 3.70. The van der Waals surface area contributed by atoms with Crippen LogP contribution in [0.5, 0.6) is 0 Å². The molecule has 0 unspecified atom stereocenters. The van der Waals surface area contributed by atoms with E-state index in [-0.39, 0.29) is 11.7 Å². The molecule has 2 aliphatic rings. The number of rotatable bonds is 1. The van der Waals surface area contributed by atoms with E-state index < -0.39 is 5.60 Å². The summed E-state index contributed by atoms with van der Waals surface area (Å²) >= 11 is 1.57. The first kappa shape index (κ1) is 15.3. The molecule has 6 nitrogen and oxygen atoms in total. The first-order chi connectivity index (χ1) is 10.4. The number of likely N-dealkylation sites (tertiary alicyclic amines) is 1. The van der Waals surface area contributed by atoms with Gasteiger partial charge in [0.15, 0.2) is 0 Å². The second-order valence-corrected chi connectivity index (χ2v) is 7.53. The molecule has 1 fully saturated rings. The number of nitrogens with one attached hydrogen (secondary N) is 1. The van der Waals surface area contributed by atoms with E-state index in [1.807, 2.05) is 26.2 Å². The van der Waals surface area contributed by atoms with Crippen LogP contribution in [0.2, 0.25) is 0 Å². The van der Waals surface area contributed by atoms with Gasteiger partial charge in [-0.1, -0.05) is 0 Å². The highest BCUT2D eigenvalue weighted by atomic mass is 32.1. The second kappa shape index (κ2) is 5.55. The van der Waals surface area contributed by atoms with Gasteiger partial charge in [-0.2, -0.15) is 0 Å². The molecule has 0 saturated carbocycles. The largest absolute Gasteiger partial charge is 0.444 e. The van der Waals surface area contributed by atoms with Crippen molar-refractivity contribution in [3.8, 4) is 0 Å². The number of ether oxygens (including phenoxy) is 1. The van der Waals surface area contributed by atoms with E-state index in [0.29, 0.717) is 13.1 Å². The standard InChI is InChI=1S/C15H21N3O3S/c1-14(2,3)20-13(19)18-7-4-15(5-8-18)10-11(17-21-15)12-16-6-9-22-12/h6,9-10,17H,4-5,7-8H2,1-3H3. The Balaban J connectivity index is 1.61. The fourth-order valence-corrected chi connectivity index (χ4v) is 3.18. The third-order valence-corrected chi connectivity index (χ3v) is 4.50. The number of carbonyl (C=O) groups excluding carboxylic acids is 1. The SMILES string of the molecule is CC(C)(C)OC(=O)N1CCC2(C=C(c3nccs3)NO2)CC1. The van der Waals surface area contributed by atoms with E-state index in [2.05, 4.69) is 16.5 Å². The Bertz CT molecular complexity index is 569. The molecule has 1 saturated heterocycles. The maximum absolute atomic E-state index is 12.1. The van der Waals surface area contributed by atoms with Crippen LogP contribution in [-0.2, 0) is 9.57 Å². The predicted molar refractivity (Wildman–Crippen MR) is 84.1 cm³/mol. The molecule has 1 aromatic rings. The summed E-state index contributed by atoms with van der Waals surface area (Å²) in [4.78, 5) is 23.9. The van der Waals surface area contributed by atoms with E-state index in [1.165, 1.54) is 0 Å². The number of aromatic nitrogens is 1. The van der Waals surface area contributed by atoms with Crippen LogP contribution < -0.4 is 5.48 Å². The lowest BCUT2D eigenvalue weighted by Gasteiger charge is -2.37. The smallest absolute Gasteiger partial charge is 0.410 e. The van der Waals surface area contributed by atoms with Gasteiger partial charge in [0.1, 0.15) is 16.2 Å². The summed E-state index contributed by atoms with van der Waals surface area (Å²) in [7, 11) is 0. The summed E-state index contributed by atoms with van der Waals surface area (Å²) in [5, 5.41) is 2.86. The average molecular weight is 323 g/mol. The Morgan fingerprint density at radius 2 is 2.18 bits per heavy atom. The Morgan fingerprint density at radius 1 is 1.45 bits per heavy atom. The van der Waals surface area contributed by atoms with Crippen molar-refractivity contribution in [1.82, 2.24) is 15.4 Å². The number of amides is 1. The molecule has 0 radical (unpaired) electrons. The first-order valence-electron chi connectivity index (χ1n) is 7.42. The van der Waals surface area contributed by atoms with Crippen molar-refractivity contribution in [1.29, 1.82) is 0 Å². The highest BCUT2D eigenvalue weighted by molar-refractivity contribution is 7.10. The molecule has 0 aliphatic carbocycles. The highest BCUT2D eigenvalue weighted by Gasteiger charge is 2.41. The Kier molecular flexibility index (Phi) is 3.86. The molecule has 1 spiro atoms. The lowest BCUT2D eigenvalue weighted by atomic mass is 9.91. The lowest BCUT2D eigenvalue weighted by Crippen LogP contribution is -2.48. The molecule has 120 valence electrons. The molecule has 3 heterocycles. The molecule has 7 heteroatoms. The molecule has 1 N–H and O–H groups in total. The Labute approximate surface area is 134 Å². The van der Waals surface area contributed by atoms with E-state index in [0.717, 1.165) is 23.5 Å². The summed E-state index contributed by atoms with van der Waals surface area (Å²) in [6.45, 7) is 6.88. The molecule has 1 amide bonds. The summed E-state index contributed by atoms with van der Waals surface area (Å²) in [6, 6.07) is 0. The van der Waals surface area contributed by atoms with E-state index >= 15 is 0 Å². The highest BCUT2D eigenvalue weighted by Crippen LogP contribution is 2.35. The van der Waals surface area contributed by atoms with Gasteiger partial charge in [-0.25, -0.2) is 9.78 Å². The summed E-state index contributed by atoms with van der Waals surface area (Å²) in [5.74, 6) is 0. The molecule has 3 rings (SSSR count). The van der Waals surface area contributed by atoms with Crippen molar-refractivity contribution in [3.05, 3.63) is 22.7 Å². The van der Waals surface area contributed by atoms with Crippen LogP contribution in [0.25, 0.3) is 5.70 Å². The summed E-state index contributed by atoms with van der Waals surface area (Å²) in [6.07, 6.45) is 5.11. The van der Waals surface area contributed by atoms with Gasteiger partial charge < -0.3 is 9.64 Å². The minimum absolute atomic E-state index is 0.252. The van der Waals surface area contributed by atoms with Gasteiger partial charge >= 0.3 is 6.09 Å². The van der Waals surface area contributed by atoms with Gasteiger partial charge in [-0.05, 0) is 26.8 Å². The van der Waals surface area contributed by atoms with Gasteiger partial charge in [0.2, 0.25) is 0 Å². The summed E-state index contributed by atoms with van der Waals surface area (Å²) < 4.78 is 5.42. The molecule has 2 aliphatic heterocycles. The maximum atomic E-state index is 12.1. The van der Waals surface area contributed by atoms with Gasteiger partial charge in [-0.15, -0.1) is 11.3 Å². The zero-order valence-corrected chi connectivity index (χ0v) is 13.9. The van der Waals surface area contributed by atoms with Crippen molar-refractivity contribution < 1.29 is 14.4 Å².